The summed E-state index contributed by atoms with van der Waals surface area (Å²) in [6.07, 6.45) is 1.26. The smallest absolute Gasteiger partial charge is 0.270 e. The van der Waals surface area contributed by atoms with Crippen LogP contribution in [0.4, 0.5) is 0 Å². The summed E-state index contributed by atoms with van der Waals surface area (Å²) in [6, 6.07) is 1.74. The highest BCUT2D eigenvalue weighted by Gasteiger charge is 2.28. The number of rotatable bonds is 1. The molecule has 0 saturated carbocycles. The van der Waals surface area contributed by atoms with Crippen LogP contribution in [0.15, 0.2) is 14.3 Å². The lowest BCUT2D eigenvalue weighted by molar-refractivity contribution is -0.125. The first kappa shape index (κ1) is 11.3. The summed E-state index contributed by atoms with van der Waals surface area (Å²) in [6.45, 7) is 0.546. The van der Waals surface area contributed by atoms with Crippen LogP contribution in [-0.2, 0) is 4.79 Å². The summed E-state index contributed by atoms with van der Waals surface area (Å²) in [5.74, 6) is -0.255. The van der Waals surface area contributed by atoms with Gasteiger partial charge in [0.15, 0.2) is 0 Å². The molecule has 0 radical (unpaired) electrons. The zero-order valence-corrected chi connectivity index (χ0v) is 11.6. The third-order valence-electron chi connectivity index (χ3n) is 2.17. The summed E-state index contributed by atoms with van der Waals surface area (Å²) in [7, 11) is 0. The van der Waals surface area contributed by atoms with E-state index < -0.39 is 0 Å². The summed E-state index contributed by atoms with van der Waals surface area (Å²) >= 11 is 7.98. The zero-order chi connectivity index (χ0) is 11.0. The molecule has 15 heavy (non-hydrogen) atoms. The molecule has 3 nitrogen and oxygen atoms in total. The molecule has 0 atom stereocenters. The van der Waals surface area contributed by atoms with Crippen LogP contribution in [0.3, 0.4) is 0 Å². The summed E-state index contributed by atoms with van der Waals surface area (Å²) < 4.78 is 1.72. The maximum atomic E-state index is 11.9. The molecular formula is C9H7Br2NO2S. The molecule has 1 fully saturated rings. The van der Waals surface area contributed by atoms with Crippen molar-refractivity contribution < 1.29 is 9.59 Å². The van der Waals surface area contributed by atoms with Crippen molar-refractivity contribution in [1.82, 2.24) is 4.90 Å². The second kappa shape index (κ2) is 4.35. The van der Waals surface area contributed by atoms with Crippen molar-refractivity contribution in [2.24, 2.45) is 0 Å². The fourth-order valence-electron chi connectivity index (χ4n) is 1.45. The molecule has 1 aliphatic heterocycles. The van der Waals surface area contributed by atoms with Gasteiger partial charge in [-0.05, 0) is 44.3 Å². The normalized spacial score (nSPS) is 16.1. The van der Waals surface area contributed by atoms with Gasteiger partial charge in [0.2, 0.25) is 5.91 Å². The minimum absolute atomic E-state index is 0.0688. The van der Waals surface area contributed by atoms with Crippen LogP contribution < -0.4 is 0 Å². The van der Waals surface area contributed by atoms with E-state index in [1.54, 1.807) is 6.07 Å². The maximum absolute atomic E-state index is 11.9. The predicted octanol–water partition coefficient (Wildman–Crippen LogP) is 3.04. The van der Waals surface area contributed by atoms with Crippen molar-refractivity contribution in [3.8, 4) is 0 Å². The number of thiophene rings is 1. The maximum Gasteiger partial charge on any atom is 0.270 e. The Morgan fingerprint density at radius 1 is 1.47 bits per heavy atom. The molecule has 0 bridgehead atoms. The fraction of sp³-hybridized carbons (Fsp3) is 0.333. The molecule has 0 aliphatic carbocycles. The van der Waals surface area contributed by atoms with Gasteiger partial charge in [-0.15, -0.1) is 11.3 Å². The molecule has 1 saturated heterocycles. The minimum atomic E-state index is -0.186. The largest absolute Gasteiger partial charge is 0.278 e. The molecule has 1 aromatic rings. The van der Waals surface area contributed by atoms with Crippen molar-refractivity contribution in [1.29, 1.82) is 0 Å². The third kappa shape index (κ3) is 2.16. The van der Waals surface area contributed by atoms with Gasteiger partial charge >= 0.3 is 0 Å². The summed E-state index contributed by atoms with van der Waals surface area (Å²) in [5.41, 5.74) is 0. The van der Waals surface area contributed by atoms with Crippen LogP contribution >= 0.6 is 43.2 Å². The van der Waals surface area contributed by atoms with E-state index in [2.05, 4.69) is 31.9 Å². The second-order valence-corrected chi connectivity index (χ2v) is 6.41. The van der Waals surface area contributed by atoms with E-state index in [1.165, 1.54) is 16.2 Å². The van der Waals surface area contributed by atoms with Crippen LogP contribution in [0.25, 0.3) is 0 Å². The van der Waals surface area contributed by atoms with Gasteiger partial charge in [0.05, 0.1) is 8.66 Å². The zero-order valence-electron chi connectivity index (χ0n) is 7.63. The van der Waals surface area contributed by atoms with Crippen molar-refractivity contribution >= 4 is 55.0 Å². The Morgan fingerprint density at radius 3 is 2.67 bits per heavy atom. The Morgan fingerprint density at radius 2 is 2.20 bits per heavy atom. The third-order valence-corrected chi connectivity index (χ3v) is 5.42. The summed E-state index contributed by atoms with van der Waals surface area (Å²) in [4.78, 5) is 25.2. The number of hydrogen-bond acceptors (Lipinski definition) is 3. The monoisotopic (exact) mass is 351 g/mol. The highest BCUT2D eigenvalue weighted by molar-refractivity contribution is 9.13. The highest BCUT2D eigenvalue weighted by Crippen LogP contribution is 2.33. The molecule has 1 aliphatic rings. The first-order chi connectivity index (χ1) is 7.09. The van der Waals surface area contributed by atoms with Crippen molar-refractivity contribution in [3.63, 3.8) is 0 Å². The molecule has 1 aromatic heterocycles. The molecule has 0 spiro atoms. The van der Waals surface area contributed by atoms with E-state index in [1.807, 2.05) is 0 Å². The molecule has 2 heterocycles. The van der Waals surface area contributed by atoms with Gasteiger partial charge in [0.25, 0.3) is 5.91 Å². The van der Waals surface area contributed by atoms with Gasteiger partial charge in [0, 0.05) is 17.4 Å². The number of halogens is 2. The molecule has 0 N–H and O–H groups in total. The molecule has 80 valence electrons. The van der Waals surface area contributed by atoms with Crippen LogP contribution in [-0.4, -0.2) is 23.3 Å². The van der Waals surface area contributed by atoms with E-state index in [4.69, 9.17) is 0 Å². The van der Waals surface area contributed by atoms with Gasteiger partial charge < -0.3 is 0 Å². The second-order valence-electron chi connectivity index (χ2n) is 3.19. The number of hydrogen-bond donors (Lipinski definition) is 0. The lowest BCUT2D eigenvalue weighted by atomic mass is 10.4. The Hall–Kier alpha value is -0.200. The lowest BCUT2D eigenvalue weighted by Gasteiger charge is -2.11. The van der Waals surface area contributed by atoms with E-state index in [0.717, 1.165) is 14.7 Å². The topological polar surface area (TPSA) is 37.4 Å². The van der Waals surface area contributed by atoms with Gasteiger partial charge in [0.1, 0.15) is 0 Å². The van der Waals surface area contributed by atoms with Crippen molar-refractivity contribution in [2.75, 3.05) is 6.54 Å². The molecular weight excluding hydrogens is 346 g/mol. The van der Waals surface area contributed by atoms with E-state index in [0.29, 0.717) is 17.8 Å². The predicted molar refractivity (Wildman–Crippen MR) is 65.0 cm³/mol. The first-order valence-electron chi connectivity index (χ1n) is 4.39. The van der Waals surface area contributed by atoms with Gasteiger partial charge in [-0.3, -0.25) is 14.5 Å². The SMILES string of the molecule is O=C1CCCN1C(=O)c1cc(Br)c(Br)s1. The Bertz CT molecular complexity index is 410. The van der Waals surface area contributed by atoms with Gasteiger partial charge in [-0.25, -0.2) is 0 Å². The molecule has 0 unspecified atom stereocenters. The van der Waals surface area contributed by atoms with Crippen LogP contribution in [0.5, 0.6) is 0 Å². The highest BCUT2D eigenvalue weighted by atomic mass is 79.9. The lowest BCUT2D eigenvalue weighted by Crippen LogP contribution is -2.31. The van der Waals surface area contributed by atoms with E-state index in [9.17, 15) is 9.59 Å². The van der Waals surface area contributed by atoms with E-state index in [-0.39, 0.29) is 11.8 Å². The number of nitrogens with zero attached hydrogens (tertiary/aromatic N) is 1. The quantitative estimate of drug-likeness (QED) is 0.728. The average molecular weight is 353 g/mol. The Balaban J connectivity index is 2.24. The van der Waals surface area contributed by atoms with Crippen LogP contribution in [0.1, 0.15) is 22.5 Å². The fourth-order valence-corrected chi connectivity index (χ4v) is 3.43. The molecule has 2 amide bonds. The minimum Gasteiger partial charge on any atom is -0.278 e. The first-order valence-corrected chi connectivity index (χ1v) is 6.79. The van der Waals surface area contributed by atoms with Crippen LogP contribution in [0.2, 0.25) is 0 Å². The van der Waals surface area contributed by atoms with Crippen molar-refractivity contribution in [3.05, 3.63) is 19.2 Å². The number of amides is 2. The number of carbonyl (C=O) groups is 2. The number of likely N-dealkylation sites (tertiary alicyclic amines) is 1. The number of imide groups is 1. The van der Waals surface area contributed by atoms with E-state index >= 15 is 0 Å². The van der Waals surface area contributed by atoms with Crippen molar-refractivity contribution in [2.45, 2.75) is 12.8 Å². The van der Waals surface area contributed by atoms with Gasteiger partial charge in [-0.2, -0.15) is 0 Å². The molecule has 0 aromatic carbocycles. The average Bonchev–Trinajstić information content (AvgIpc) is 2.74. The Labute approximate surface area is 108 Å². The van der Waals surface area contributed by atoms with Crippen LogP contribution in [0, 0.1) is 0 Å². The molecule has 6 heteroatoms. The number of carbonyl (C=O) groups excluding carboxylic acids is 2. The molecule has 2 rings (SSSR count). The van der Waals surface area contributed by atoms with Gasteiger partial charge in [-0.1, -0.05) is 0 Å². The Kier molecular flexibility index (Phi) is 3.27. The standard InChI is InChI=1S/C9H7Br2NO2S/c10-5-4-6(15-8(5)11)9(14)12-3-1-2-7(12)13/h4H,1-3H2. The summed E-state index contributed by atoms with van der Waals surface area (Å²) in [5, 5.41) is 0.